The number of halogens is 1. The molecular formula is C16H13FN2O. The normalized spacial score (nSPS) is 11.8. The molecule has 0 aliphatic carbocycles. The average molecular weight is 268 g/mol. The molecule has 4 heteroatoms. The van der Waals surface area contributed by atoms with Crippen LogP contribution in [0.15, 0.2) is 54.7 Å². The second-order valence-corrected chi connectivity index (χ2v) is 4.36. The van der Waals surface area contributed by atoms with Crippen molar-refractivity contribution in [2.75, 3.05) is 7.11 Å². The van der Waals surface area contributed by atoms with E-state index in [1.807, 2.05) is 24.3 Å². The van der Waals surface area contributed by atoms with Gasteiger partial charge in [0.2, 0.25) is 5.95 Å². The molecule has 0 bridgehead atoms. The second-order valence-electron chi connectivity index (χ2n) is 4.36. The van der Waals surface area contributed by atoms with Crippen molar-refractivity contribution < 1.29 is 9.13 Å². The number of aromatic nitrogens is 2. The maximum Gasteiger partial charge on any atom is 0.215 e. The Morgan fingerprint density at radius 1 is 1.15 bits per heavy atom. The van der Waals surface area contributed by atoms with Crippen LogP contribution < -0.4 is 4.74 Å². The number of hydrogen-bond acceptors (Lipinski definition) is 2. The predicted molar refractivity (Wildman–Crippen MR) is 78.0 cm³/mol. The van der Waals surface area contributed by atoms with Crippen LogP contribution in [-0.4, -0.2) is 16.9 Å². The number of benzene rings is 2. The van der Waals surface area contributed by atoms with Crippen LogP contribution in [0.1, 0.15) is 5.56 Å². The van der Waals surface area contributed by atoms with E-state index < -0.39 is 5.95 Å². The van der Waals surface area contributed by atoms with Crippen LogP contribution in [0.5, 0.6) is 5.75 Å². The molecule has 3 aromatic rings. The van der Waals surface area contributed by atoms with E-state index in [2.05, 4.69) is 5.10 Å². The summed E-state index contributed by atoms with van der Waals surface area (Å²) < 4.78 is 20.7. The van der Waals surface area contributed by atoms with E-state index >= 15 is 0 Å². The lowest BCUT2D eigenvalue weighted by Crippen LogP contribution is -1.94. The first-order valence-electron chi connectivity index (χ1n) is 6.22. The van der Waals surface area contributed by atoms with Crippen molar-refractivity contribution in [3.8, 4) is 5.75 Å². The van der Waals surface area contributed by atoms with Crippen molar-refractivity contribution in [2.45, 2.75) is 0 Å². The largest absolute Gasteiger partial charge is 0.497 e. The van der Waals surface area contributed by atoms with Gasteiger partial charge in [0.15, 0.2) is 0 Å². The minimum Gasteiger partial charge on any atom is -0.497 e. The van der Waals surface area contributed by atoms with Gasteiger partial charge in [-0.25, -0.2) is 4.68 Å². The smallest absolute Gasteiger partial charge is 0.215 e. The zero-order valence-electron chi connectivity index (χ0n) is 11.0. The van der Waals surface area contributed by atoms with Gasteiger partial charge in [0, 0.05) is 11.5 Å². The third kappa shape index (κ3) is 2.28. The van der Waals surface area contributed by atoms with Gasteiger partial charge in [-0.1, -0.05) is 30.3 Å². The van der Waals surface area contributed by atoms with E-state index in [0.29, 0.717) is 0 Å². The van der Waals surface area contributed by atoms with Gasteiger partial charge in [-0.05, 0) is 23.8 Å². The number of rotatable bonds is 3. The summed E-state index contributed by atoms with van der Waals surface area (Å²) in [7, 11) is 1.60. The summed E-state index contributed by atoms with van der Waals surface area (Å²) in [4.78, 5) is 0. The zero-order valence-corrected chi connectivity index (χ0v) is 11.0. The Kier molecular flexibility index (Phi) is 3.21. The SMILES string of the molecule is COc1ccc(/C=C(/F)n2ncc3ccccc32)cc1. The van der Waals surface area contributed by atoms with E-state index in [1.165, 1.54) is 10.8 Å². The highest BCUT2D eigenvalue weighted by Gasteiger charge is 2.06. The molecule has 0 amide bonds. The van der Waals surface area contributed by atoms with E-state index in [0.717, 1.165) is 22.2 Å². The molecule has 1 aromatic heterocycles. The van der Waals surface area contributed by atoms with Gasteiger partial charge in [-0.15, -0.1) is 0 Å². The van der Waals surface area contributed by atoms with Crippen LogP contribution in [0.25, 0.3) is 22.9 Å². The Balaban J connectivity index is 1.98. The lowest BCUT2D eigenvalue weighted by molar-refractivity contribution is 0.415. The summed E-state index contributed by atoms with van der Waals surface area (Å²) in [6.45, 7) is 0. The quantitative estimate of drug-likeness (QED) is 0.718. The van der Waals surface area contributed by atoms with E-state index in [-0.39, 0.29) is 0 Å². The fourth-order valence-electron chi connectivity index (χ4n) is 2.04. The van der Waals surface area contributed by atoms with Gasteiger partial charge in [-0.3, -0.25) is 0 Å². The average Bonchev–Trinajstić information content (AvgIpc) is 2.92. The Hall–Kier alpha value is -2.62. The second kappa shape index (κ2) is 5.17. The fourth-order valence-corrected chi connectivity index (χ4v) is 2.04. The highest BCUT2D eigenvalue weighted by Crippen LogP contribution is 2.20. The summed E-state index contributed by atoms with van der Waals surface area (Å²) in [5.41, 5.74) is 1.50. The Labute approximate surface area is 115 Å². The van der Waals surface area contributed by atoms with E-state index in [4.69, 9.17) is 4.74 Å². The molecule has 0 unspecified atom stereocenters. The van der Waals surface area contributed by atoms with Crippen LogP contribution in [0, 0.1) is 0 Å². The first-order chi connectivity index (χ1) is 9.78. The van der Waals surface area contributed by atoms with Crippen LogP contribution in [0.4, 0.5) is 4.39 Å². The maximum absolute atomic E-state index is 14.3. The lowest BCUT2D eigenvalue weighted by atomic mass is 10.2. The van der Waals surface area contributed by atoms with Crippen molar-refractivity contribution in [3.63, 3.8) is 0 Å². The molecule has 0 saturated carbocycles. The topological polar surface area (TPSA) is 27.1 Å². The molecule has 0 aliphatic rings. The predicted octanol–water partition coefficient (Wildman–Crippen LogP) is 3.97. The Bertz CT molecular complexity index is 760. The zero-order chi connectivity index (χ0) is 13.9. The van der Waals surface area contributed by atoms with Crippen molar-refractivity contribution in [1.29, 1.82) is 0 Å². The third-order valence-corrected chi connectivity index (χ3v) is 3.08. The minimum atomic E-state index is -0.420. The van der Waals surface area contributed by atoms with Crippen molar-refractivity contribution in [1.82, 2.24) is 9.78 Å². The summed E-state index contributed by atoms with van der Waals surface area (Å²) >= 11 is 0. The number of para-hydroxylation sites is 1. The number of hydrogen-bond donors (Lipinski definition) is 0. The standard InChI is InChI=1S/C16H13FN2O/c1-20-14-8-6-12(7-9-14)10-16(17)19-15-5-3-2-4-13(15)11-18-19/h2-11H,1H3/b16-10-. The summed E-state index contributed by atoms with van der Waals surface area (Å²) in [6, 6.07) is 14.7. The van der Waals surface area contributed by atoms with E-state index in [9.17, 15) is 4.39 Å². The molecular weight excluding hydrogens is 255 g/mol. The summed E-state index contributed by atoms with van der Waals surface area (Å²) in [6.07, 6.45) is 3.09. The Morgan fingerprint density at radius 3 is 2.65 bits per heavy atom. The van der Waals surface area contributed by atoms with Gasteiger partial charge in [-0.2, -0.15) is 9.49 Å². The van der Waals surface area contributed by atoms with E-state index in [1.54, 1.807) is 37.6 Å². The third-order valence-electron chi connectivity index (χ3n) is 3.08. The number of methoxy groups -OCH3 is 1. The molecule has 1 heterocycles. The number of ether oxygens (including phenoxy) is 1. The molecule has 20 heavy (non-hydrogen) atoms. The van der Waals surface area contributed by atoms with Crippen molar-refractivity contribution >= 4 is 22.9 Å². The van der Waals surface area contributed by atoms with Crippen LogP contribution in [0.2, 0.25) is 0 Å². The molecule has 2 aromatic carbocycles. The van der Waals surface area contributed by atoms with Gasteiger partial charge in [0.05, 0.1) is 18.8 Å². The fraction of sp³-hybridized carbons (Fsp3) is 0.0625. The monoisotopic (exact) mass is 268 g/mol. The van der Waals surface area contributed by atoms with Crippen LogP contribution >= 0.6 is 0 Å². The molecule has 0 N–H and O–H groups in total. The lowest BCUT2D eigenvalue weighted by Gasteiger charge is -2.02. The number of nitrogens with zero attached hydrogens (tertiary/aromatic N) is 2. The molecule has 0 atom stereocenters. The first kappa shape index (κ1) is 12.4. The molecule has 0 saturated heterocycles. The van der Waals surface area contributed by atoms with Gasteiger partial charge >= 0.3 is 0 Å². The molecule has 0 spiro atoms. The molecule has 0 aliphatic heterocycles. The Morgan fingerprint density at radius 2 is 1.90 bits per heavy atom. The minimum absolute atomic E-state index is 0.420. The van der Waals surface area contributed by atoms with Crippen molar-refractivity contribution in [3.05, 3.63) is 60.3 Å². The summed E-state index contributed by atoms with van der Waals surface area (Å²) in [5, 5.41) is 4.98. The highest BCUT2D eigenvalue weighted by atomic mass is 19.1. The first-order valence-corrected chi connectivity index (χ1v) is 6.22. The number of fused-ring (bicyclic) bond motifs is 1. The van der Waals surface area contributed by atoms with Gasteiger partial charge in [0.25, 0.3) is 0 Å². The molecule has 3 rings (SSSR count). The molecule has 3 nitrogen and oxygen atoms in total. The molecule has 100 valence electrons. The highest BCUT2D eigenvalue weighted by molar-refractivity contribution is 5.83. The summed E-state index contributed by atoms with van der Waals surface area (Å²) in [5.74, 6) is 0.323. The van der Waals surface area contributed by atoms with Gasteiger partial charge in [0.1, 0.15) is 5.75 Å². The maximum atomic E-state index is 14.3. The van der Waals surface area contributed by atoms with Crippen LogP contribution in [0.3, 0.4) is 0 Å². The van der Waals surface area contributed by atoms with Crippen LogP contribution in [-0.2, 0) is 0 Å². The molecule has 0 fully saturated rings. The molecule has 0 radical (unpaired) electrons. The van der Waals surface area contributed by atoms with Gasteiger partial charge < -0.3 is 4.74 Å². The van der Waals surface area contributed by atoms with Crippen molar-refractivity contribution in [2.24, 2.45) is 0 Å².